The highest BCUT2D eigenvalue weighted by atomic mass is 16.5. The molecule has 0 saturated heterocycles. The third-order valence-corrected chi connectivity index (χ3v) is 3.32. The Bertz CT molecular complexity index is 690. The van der Waals surface area contributed by atoms with Gasteiger partial charge < -0.3 is 19.5 Å². The van der Waals surface area contributed by atoms with E-state index in [-0.39, 0.29) is 11.1 Å². The third-order valence-electron chi connectivity index (χ3n) is 3.32. The van der Waals surface area contributed by atoms with Crippen LogP contribution in [0.4, 0.5) is 0 Å². The topological polar surface area (TPSA) is 93.1 Å². The number of hydrogen-bond donors (Lipinski definition) is 2. The average molecular weight is 314 g/mol. The molecule has 0 aliphatic rings. The van der Waals surface area contributed by atoms with Crippen molar-refractivity contribution in [2.24, 2.45) is 0 Å². The quantitative estimate of drug-likeness (QED) is 0.634. The summed E-state index contributed by atoms with van der Waals surface area (Å²) < 4.78 is 9.38. The summed E-state index contributed by atoms with van der Waals surface area (Å²) in [7, 11) is 0.949. The van der Waals surface area contributed by atoms with Crippen molar-refractivity contribution in [1.29, 1.82) is 0 Å². The maximum absolute atomic E-state index is 11.8. The zero-order valence-corrected chi connectivity index (χ0v) is 12.6. The van der Waals surface area contributed by atoms with Crippen LogP contribution in [0.3, 0.4) is 0 Å². The van der Waals surface area contributed by atoms with Crippen LogP contribution in [0.1, 0.15) is 20.7 Å². The van der Waals surface area contributed by atoms with E-state index in [1.54, 1.807) is 36.4 Å². The first-order valence-corrected chi connectivity index (χ1v) is 6.74. The van der Waals surface area contributed by atoms with Crippen molar-refractivity contribution in [3.63, 3.8) is 0 Å². The van der Waals surface area contributed by atoms with Crippen molar-refractivity contribution in [3.8, 4) is 11.1 Å². The van der Waals surface area contributed by atoms with Gasteiger partial charge in [0.05, 0.1) is 25.3 Å². The number of benzene rings is 2. The molecule has 0 saturated carbocycles. The van der Waals surface area contributed by atoms with Crippen LogP contribution in [-0.4, -0.2) is 43.3 Å². The normalized spacial score (nSPS) is 10.1. The van der Waals surface area contributed by atoms with E-state index in [2.05, 4.69) is 9.47 Å². The first kappa shape index (κ1) is 16.7. The van der Waals surface area contributed by atoms with Gasteiger partial charge >= 0.3 is 19.1 Å². The first-order chi connectivity index (χ1) is 11.0. The Labute approximate surface area is 133 Å². The smallest absolute Gasteiger partial charge is 0.465 e. The Balaban J connectivity index is 2.51. The second-order valence-corrected chi connectivity index (χ2v) is 4.78. The number of hydrogen-bond acceptors (Lipinski definition) is 6. The summed E-state index contributed by atoms with van der Waals surface area (Å²) in [6, 6.07) is 11.0. The van der Waals surface area contributed by atoms with Crippen molar-refractivity contribution in [3.05, 3.63) is 53.6 Å². The van der Waals surface area contributed by atoms with Gasteiger partial charge in [-0.2, -0.15) is 0 Å². The van der Waals surface area contributed by atoms with Gasteiger partial charge in [-0.3, -0.25) is 0 Å². The Hall–Kier alpha value is -2.64. The van der Waals surface area contributed by atoms with Crippen molar-refractivity contribution >= 4 is 24.5 Å². The van der Waals surface area contributed by atoms with Crippen molar-refractivity contribution in [2.75, 3.05) is 14.2 Å². The fourth-order valence-corrected chi connectivity index (χ4v) is 2.11. The molecule has 0 unspecified atom stereocenters. The van der Waals surface area contributed by atoms with Crippen molar-refractivity contribution < 1.29 is 29.1 Å². The van der Waals surface area contributed by atoms with Crippen molar-refractivity contribution in [1.82, 2.24) is 0 Å². The molecule has 0 aliphatic heterocycles. The van der Waals surface area contributed by atoms with E-state index in [1.807, 2.05) is 0 Å². The lowest BCUT2D eigenvalue weighted by atomic mass is 9.80. The molecule has 0 atom stereocenters. The molecule has 23 heavy (non-hydrogen) atoms. The van der Waals surface area contributed by atoms with Gasteiger partial charge in [0.15, 0.2) is 0 Å². The number of carbonyl (C=O) groups is 2. The molecule has 0 bridgehead atoms. The monoisotopic (exact) mass is 314 g/mol. The fourth-order valence-electron chi connectivity index (χ4n) is 2.11. The Kier molecular flexibility index (Phi) is 5.15. The van der Waals surface area contributed by atoms with Crippen LogP contribution < -0.4 is 5.46 Å². The van der Waals surface area contributed by atoms with Gasteiger partial charge in [-0.05, 0) is 34.8 Å². The molecule has 0 aliphatic carbocycles. The standard InChI is InChI=1S/C16H15BO6/c1-22-15(18)12-7-11(8-13(9-12)16(19)23-2)10-3-5-14(6-4-10)17(20)21/h3-9,20-21H,1-2H3. The van der Waals surface area contributed by atoms with Crippen molar-refractivity contribution in [2.45, 2.75) is 0 Å². The largest absolute Gasteiger partial charge is 0.488 e. The minimum atomic E-state index is -1.56. The summed E-state index contributed by atoms with van der Waals surface area (Å²) in [6.07, 6.45) is 0. The molecule has 118 valence electrons. The second kappa shape index (κ2) is 7.08. The van der Waals surface area contributed by atoms with Gasteiger partial charge in [-0.15, -0.1) is 0 Å². The lowest BCUT2D eigenvalue weighted by Crippen LogP contribution is -2.29. The summed E-state index contributed by atoms with van der Waals surface area (Å²) in [6.45, 7) is 0. The summed E-state index contributed by atoms with van der Waals surface area (Å²) in [4.78, 5) is 23.5. The molecule has 7 heteroatoms. The van der Waals surface area contributed by atoms with Crippen LogP contribution in [-0.2, 0) is 9.47 Å². The van der Waals surface area contributed by atoms with Gasteiger partial charge in [0.25, 0.3) is 0 Å². The predicted octanol–water partition coefficient (Wildman–Crippen LogP) is 0.607. The highest BCUT2D eigenvalue weighted by Gasteiger charge is 2.15. The lowest BCUT2D eigenvalue weighted by Gasteiger charge is -2.09. The van der Waals surface area contributed by atoms with E-state index in [1.165, 1.54) is 20.3 Å². The van der Waals surface area contributed by atoms with Crippen LogP contribution in [0.2, 0.25) is 0 Å². The zero-order chi connectivity index (χ0) is 17.0. The number of esters is 2. The minimum absolute atomic E-state index is 0.219. The Morgan fingerprint density at radius 3 is 1.70 bits per heavy atom. The Morgan fingerprint density at radius 1 is 0.826 bits per heavy atom. The molecule has 2 aromatic carbocycles. The number of ether oxygens (including phenoxy) is 2. The van der Waals surface area contributed by atoms with Gasteiger partial charge in [-0.1, -0.05) is 24.3 Å². The van der Waals surface area contributed by atoms with Crippen LogP contribution in [0.15, 0.2) is 42.5 Å². The molecule has 0 heterocycles. The number of methoxy groups -OCH3 is 2. The molecule has 0 spiro atoms. The zero-order valence-electron chi connectivity index (χ0n) is 12.6. The number of rotatable bonds is 4. The maximum atomic E-state index is 11.8. The van der Waals surface area contributed by atoms with Crippen LogP contribution in [0.5, 0.6) is 0 Å². The molecule has 0 amide bonds. The highest BCUT2D eigenvalue weighted by molar-refractivity contribution is 6.58. The highest BCUT2D eigenvalue weighted by Crippen LogP contribution is 2.23. The summed E-state index contributed by atoms with van der Waals surface area (Å²) >= 11 is 0. The van der Waals surface area contributed by atoms with Gasteiger partial charge in [0, 0.05) is 0 Å². The average Bonchev–Trinajstić information content (AvgIpc) is 2.59. The molecule has 0 fully saturated rings. The minimum Gasteiger partial charge on any atom is -0.465 e. The van der Waals surface area contributed by atoms with Gasteiger partial charge in [-0.25, -0.2) is 9.59 Å². The van der Waals surface area contributed by atoms with Crippen LogP contribution in [0, 0.1) is 0 Å². The molecular formula is C16H15BO6. The lowest BCUT2D eigenvalue weighted by molar-refractivity contribution is 0.0599. The molecule has 2 rings (SSSR count). The maximum Gasteiger partial charge on any atom is 0.488 e. The van der Waals surface area contributed by atoms with E-state index in [0.717, 1.165) is 0 Å². The summed E-state index contributed by atoms with van der Waals surface area (Å²) in [5.74, 6) is -1.14. The van der Waals surface area contributed by atoms with E-state index < -0.39 is 19.1 Å². The first-order valence-electron chi connectivity index (χ1n) is 6.74. The molecular weight excluding hydrogens is 299 g/mol. The molecule has 6 nitrogen and oxygen atoms in total. The van der Waals surface area contributed by atoms with Crippen LogP contribution >= 0.6 is 0 Å². The predicted molar refractivity (Wildman–Crippen MR) is 84.4 cm³/mol. The Morgan fingerprint density at radius 2 is 1.30 bits per heavy atom. The van der Waals surface area contributed by atoms with Crippen LogP contribution in [0.25, 0.3) is 11.1 Å². The summed E-state index contributed by atoms with van der Waals surface area (Å²) in [5.41, 5.74) is 2.08. The van der Waals surface area contributed by atoms with Gasteiger partial charge in [0.2, 0.25) is 0 Å². The molecule has 2 aromatic rings. The van der Waals surface area contributed by atoms with Gasteiger partial charge in [0.1, 0.15) is 0 Å². The van der Waals surface area contributed by atoms with E-state index in [4.69, 9.17) is 10.0 Å². The fraction of sp³-hybridized carbons (Fsp3) is 0.125. The van der Waals surface area contributed by atoms with E-state index in [9.17, 15) is 9.59 Å². The molecule has 0 aromatic heterocycles. The second-order valence-electron chi connectivity index (χ2n) is 4.78. The molecule has 2 N–H and O–H groups in total. The molecule has 0 radical (unpaired) electrons. The van der Waals surface area contributed by atoms with E-state index in [0.29, 0.717) is 16.6 Å². The third kappa shape index (κ3) is 3.77. The SMILES string of the molecule is COC(=O)c1cc(C(=O)OC)cc(-c2ccc(B(O)O)cc2)c1. The number of carbonyl (C=O) groups excluding carboxylic acids is 2. The summed E-state index contributed by atoms with van der Waals surface area (Å²) in [5, 5.41) is 18.2. The van der Waals surface area contributed by atoms with E-state index >= 15 is 0 Å².